The topological polar surface area (TPSA) is 116 Å². The van der Waals surface area contributed by atoms with E-state index in [-0.39, 0.29) is 11.1 Å². The molecule has 0 radical (unpaired) electrons. The molecule has 0 saturated carbocycles. The number of nitro benzene ring substituents is 2. The highest BCUT2D eigenvalue weighted by Gasteiger charge is 2.29. The van der Waals surface area contributed by atoms with Crippen LogP contribution in [0.2, 0.25) is 0 Å². The fourth-order valence-electron chi connectivity index (χ4n) is 3.96. The van der Waals surface area contributed by atoms with Gasteiger partial charge in [-0.3, -0.25) is 25.0 Å². The normalized spacial score (nSPS) is 14.3. The monoisotopic (exact) mass is 427 g/mol. The number of hydrogen-bond acceptors (Lipinski definition) is 6. The molecule has 1 aliphatic heterocycles. The van der Waals surface area contributed by atoms with Crippen molar-refractivity contribution in [1.82, 2.24) is 4.90 Å². The molecule has 0 N–H and O–H groups in total. The minimum Gasteiger partial charge on any atom is -0.497 e. The van der Waals surface area contributed by atoms with Crippen LogP contribution in [0.4, 0.5) is 11.4 Å². The van der Waals surface area contributed by atoms with Crippen molar-refractivity contribution in [1.29, 1.82) is 0 Å². The highest BCUT2D eigenvalue weighted by atomic mass is 16.6. The molecule has 1 amide bonds. The van der Waals surface area contributed by atoms with Gasteiger partial charge in [0, 0.05) is 24.7 Å². The first-order valence-electron chi connectivity index (χ1n) is 10.2. The molecule has 1 saturated heterocycles. The van der Waals surface area contributed by atoms with Gasteiger partial charge in [0.25, 0.3) is 17.3 Å². The quantitative estimate of drug-likeness (QED) is 0.480. The minimum atomic E-state index is -0.714. The van der Waals surface area contributed by atoms with Gasteiger partial charge in [0.05, 0.1) is 28.6 Å². The molecule has 1 aliphatic rings. The molecule has 1 fully saturated rings. The predicted octanol–water partition coefficient (Wildman–Crippen LogP) is 4.31. The Labute approximate surface area is 179 Å². The maximum atomic E-state index is 13.0. The fourth-order valence-corrected chi connectivity index (χ4v) is 3.96. The number of rotatable bonds is 7. The Morgan fingerprint density at radius 1 is 1.10 bits per heavy atom. The molecule has 1 heterocycles. The molecule has 0 spiro atoms. The summed E-state index contributed by atoms with van der Waals surface area (Å²) >= 11 is 0. The first-order valence-corrected chi connectivity index (χ1v) is 10.2. The van der Waals surface area contributed by atoms with Crippen LogP contribution in [0.1, 0.15) is 40.7 Å². The van der Waals surface area contributed by atoms with Crippen LogP contribution in [-0.2, 0) is 6.42 Å². The number of nitrogens with zero attached hydrogens (tertiary/aromatic N) is 3. The van der Waals surface area contributed by atoms with Crippen molar-refractivity contribution in [3.8, 4) is 5.75 Å². The van der Waals surface area contributed by atoms with Crippen LogP contribution < -0.4 is 4.74 Å². The van der Waals surface area contributed by atoms with Crippen molar-refractivity contribution < 1.29 is 19.4 Å². The number of nitro groups is 2. The van der Waals surface area contributed by atoms with Crippen LogP contribution in [0.3, 0.4) is 0 Å². The SMILES string of the molecule is COc1ccc(CCC2CCN(C(=O)c3cc([N+](=O)[O-])cc([N+](=O)[O-])c3C)CC2)cc1. The summed E-state index contributed by atoms with van der Waals surface area (Å²) in [5, 5.41) is 22.4. The number of aryl methyl sites for hydroxylation is 1. The first kappa shape index (κ1) is 22.2. The molecule has 9 heteroatoms. The van der Waals surface area contributed by atoms with Gasteiger partial charge in [-0.05, 0) is 56.2 Å². The van der Waals surface area contributed by atoms with Crippen LogP contribution in [0, 0.1) is 33.1 Å². The number of amides is 1. The third-order valence-corrected chi connectivity index (χ3v) is 5.91. The Balaban J connectivity index is 1.63. The lowest BCUT2D eigenvalue weighted by atomic mass is 9.90. The van der Waals surface area contributed by atoms with Gasteiger partial charge in [-0.1, -0.05) is 12.1 Å². The average Bonchev–Trinajstić information content (AvgIpc) is 2.77. The Morgan fingerprint density at radius 2 is 1.74 bits per heavy atom. The lowest BCUT2D eigenvalue weighted by Gasteiger charge is -2.32. The van der Waals surface area contributed by atoms with Gasteiger partial charge in [-0.2, -0.15) is 0 Å². The van der Waals surface area contributed by atoms with Crippen molar-refractivity contribution in [2.24, 2.45) is 5.92 Å². The molecule has 3 rings (SSSR count). The van der Waals surface area contributed by atoms with E-state index in [1.54, 1.807) is 12.0 Å². The van der Waals surface area contributed by atoms with Gasteiger partial charge < -0.3 is 9.64 Å². The van der Waals surface area contributed by atoms with Gasteiger partial charge in [0.1, 0.15) is 5.75 Å². The molecule has 0 unspecified atom stereocenters. The molecule has 31 heavy (non-hydrogen) atoms. The van der Waals surface area contributed by atoms with E-state index >= 15 is 0 Å². The zero-order valence-corrected chi connectivity index (χ0v) is 17.6. The van der Waals surface area contributed by atoms with Crippen LogP contribution in [-0.4, -0.2) is 40.9 Å². The maximum absolute atomic E-state index is 13.0. The standard InChI is InChI=1S/C22H25N3O6/c1-15-20(13-18(24(27)28)14-21(15)25(29)30)22(26)23-11-9-17(10-12-23)4-3-16-5-7-19(31-2)8-6-16/h5-8,13-14,17H,3-4,9-12H2,1-2H3. The number of ether oxygens (including phenoxy) is 1. The highest BCUT2D eigenvalue weighted by molar-refractivity contribution is 5.97. The number of benzene rings is 2. The Kier molecular flexibility index (Phi) is 6.84. The second-order valence-electron chi connectivity index (χ2n) is 7.77. The zero-order chi connectivity index (χ0) is 22.5. The van der Waals surface area contributed by atoms with Crippen molar-refractivity contribution in [3.63, 3.8) is 0 Å². The summed E-state index contributed by atoms with van der Waals surface area (Å²) in [6.07, 6.45) is 3.62. The van der Waals surface area contributed by atoms with Gasteiger partial charge in [-0.15, -0.1) is 0 Å². The van der Waals surface area contributed by atoms with Gasteiger partial charge in [0.15, 0.2) is 0 Å². The lowest BCUT2D eigenvalue weighted by molar-refractivity contribution is -0.394. The Morgan fingerprint density at radius 3 is 2.29 bits per heavy atom. The molecule has 0 aromatic heterocycles. The fraction of sp³-hybridized carbons (Fsp3) is 0.409. The van der Waals surface area contributed by atoms with E-state index in [4.69, 9.17) is 4.74 Å². The highest BCUT2D eigenvalue weighted by Crippen LogP contribution is 2.30. The number of piperidine rings is 1. The van der Waals surface area contributed by atoms with Gasteiger partial charge in [0.2, 0.25) is 0 Å². The van der Waals surface area contributed by atoms with Crippen molar-refractivity contribution in [2.45, 2.75) is 32.6 Å². The van der Waals surface area contributed by atoms with E-state index in [1.165, 1.54) is 12.5 Å². The van der Waals surface area contributed by atoms with Crippen LogP contribution >= 0.6 is 0 Å². The molecule has 9 nitrogen and oxygen atoms in total. The molecule has 164 valence electrons. The second kappa shape index (κ2) is 9.55. The summed E-state index contributed by atoms with van der Waals surface area (Å²) in [5.74, 6) is 0.914. The zero-order valence-electron chi connectivity index (χ0n) is 17.6. The molecular weight excluding hydrogens is 402 g/mol. The summed E-state index contributed by atoms with van der Waals surface area (Å²) in [5.41, 5.74) is 0.556. The summed E-state index contributed by atoms with van der Waals surface area (Å²) in [4.78, 5) is 35.6. The second-order valence-corrected chi connectivity index (χ2v) is 7.77. The number of likely N-dealkylation sites (tertiary alicyclic amines) is 1. The van der Waals surface area contributed by atoms with E-state index in [0.29, 0.717) is 19.0 Å². The smallest absolute Gasteiger partial charge is 0.279 e. The Hall–Kier alpha value is -3.49. The summed E-state index contributed by atoms with van der Waals surface area (Å²) in [6.45, 7) is 2.51. The predicted molar refractivity (Wildman–Crippen MR) is 114 cm³/mol. The van der Waals surface area contributed by atoms with E-state index < -0.39 is 27.1 Å². The largest absolute Gasteiger partial charge is 0.497 e. The molecule has 0 aliphatic carbocycles. The van der Waals surface area contributed by atoms with Gasteiger partial charge in [-0.25, -0.2) is 0 Å². The molecular formula is C22H25N3O6. The third-order valence-electron chi connectivity index (χ3n) is 5.91. The number of carbonyl (C=O) groups is 1. The molecule has 0 bridgehead atoms. The number of carbonyl (C=O) groups excluding carboxylic acids is 1. The summed E-state index contributed by atoms with van der Waals surface area (Å²) in [6, 6.07) is 10.0. The summed E-state index contributed by atoms with van der Waals surface area (Å²) in [7, 11) is 1.64. The summed E-state index contributed by atoms with van der Waals surface area (Å²) < 4.78 is 5.17. The minimum absolute atomic E-state index is 0.0255. The number of non-ortho nitro benzene ring substituents is 1. The molecule has 0 atom stereocenters. The van der Waals surface area contributed by atoms with E-state index in [0.717, 1.165) is 43.6 Å². The average molecular weight is 427 g/mol. The van der Waals surface area contributed by atoms with Crippen LogP contribution in [0.25, 0.3) is 0 Å². The third kappa shape index (κ3) is 5.17. The van der Waals surface area contributed by atoms with E-state index in [1.807, 2.05) is 12.1 Å². The van der Waals surface area contributed by atoms with Crippen molar-refractivity contribution >= 4 is 17.3 Å². The lowest BCUT2D eigenvalue weighted by Crippen LogP contribution is -2.39. The van der Waals surface area contributed by atoms with Crippen LogP contribution in [0.5, 0.6) is 5.75 Å². The van der Waals surface area contributed by atoms with Crippen molar-refractivity contribution in [3.05, 3.63) is 73.3 Å². The van der Waals surface area contributed by atoms with Crippen LogP contribution in [0.15, 0.2) is 36.4 Å². The van der Waals surface area contributed by atoms with Gasteiger partial charge >= 0.3 is 0 Å². The van der Waals surface area contributed by atoms with E-state index in [2.05, 4.69) is 12.1 Å². The van der Waals surface area contributed by atoms with E-state index in [9.17, 15) is 25.0 Å². The number of methoxy groups -OCH3 is 1. The Bertz CT molecular complexity index is 981. The molecule has 2 aromatic carbocycles. The number of hydrogen-bond donors (Lipinski definition) is 0. The van der Waals surface area contributed by atoms with Crippen molar-refractivity contribution in [2.75, 3.05) is 20.2 Å². The first-order chi connectivity index (χ1) is 14.8. The maximum Gasteiger partial charge on any atom is 0.279 e. The molecule has 2 aromatic rings.